The molecule has 9 nitrogen and oxygen atoms in total. The zero-order valence-corrected chi connectivity index (χ0v) is 14.9. The van der Waals surface area contributed by atoms with Crippen LogP contribution < -0.4 is 21.8 Å². The molecule has 0 aliphatic carbocycles. The minimum Gasteiger partial charge on any atom is -0.370 e. The Morgan fingerprint density at radius 1 is 0.893 bits per heavy atom. The summed E-state index contributed by atoms with van der Waals surface area (Å²) >= 11 is 0. The fraction of sp³-hybridized carbons (Fsp3) is 0.158. The standard InChI is InChI=1S/C19H20N4O5/c20-17(26)18(23-19(27)14-9-5-2-6-10-14)22-15(24)12-21-28-16(25)11-13-7-3-1-4-8-13/h1-10,18,21H,11-12H2,(H2,20,26)(H,22,24)(H,23,27). The molecule has 0 saturated heterocycles. The molecular formula is C19H20N4O5. The van der Waals surface area contributed by atoms with Crippen molar-refractivity contribution in [2.75, 3.05) is 6.54 Å². The van der Waals surface area contributed by atoms with Crippen LogP contribution in [-0.4, -0.2) is 36.4 Å². The third-order valence-electron chi connectivity index (χ3n) is 3.51. The summed E-state index contributed by atoms with van der Waals surface area (Å²) in [5, 5.41) is 4.56. The van der Waals surface area contributed by atoms with E-state index in [1.165, 1.54) is 0 Å². The minimum atomic E-state index is -1.41. The number of hydrogen-bond acceptors (Lipinski definition) is 6. The Hall–Kier alpha value is -3.72. The molecule has 0 aliphatic rings. The largest absolute Gasteiger partial charge is 0.370 e. The predicted molar refractivity (Wildman–Crippen MR) is 99.3 cm³/mol. The van der Waals surface area contributed by atoms with E-state index in [9.17, 15) is 19.2 Å². The highest BCUT2D eigenvalue weighted by atomic mass is 16.7. The van der Waals surface area contributed by atoms with Gasteiger partial charge in [0, 0.05) is 5.56 Å². The Balaban J connectivity index is 1.76. The zero-order valence-electron chi connectivity index (χ0n) is 14.9. The maximum absolute atomic E-state index is 12.1. The Labute approximate surface area is 161 Å². The van der Waals surface area contributed by atoms with Crippen molar-refractivity contribution in [2.45, 2.75) is 12.6 Å². The molecule has 0 radical (unpaired) electrons. The Morgan fingerprint density at radius 2 is 1.50 bits per heavy atom. The van der Waals surface area contributed by atoms with E-state index in [-0.39, 0.29) is 6.42 Å². The minimum absolute atomic E-state index is 0.0342. The van der Waals surface area contributed by atoms with Crippen LogP contribution in [0.1, 0.15) is 15.9 Å². The summed E-state index contributed by atoms with van der Waals surface area (Å²) < 4.78 is 0. The molecule has 2 rings (SSSR count). The maximum atomic E-state index is 12.1. The summed E-state index contributed by atoms with van der Waals surface area (Å²) in [7, 11) is 0. The molecule has 0 spiro atoms. The average Bonchev–Trinajstić information content (AvgIpc) is 2.68. The smallest absolute Gasteiger partial charge is 0.329 e. The molecule has 0 bridgehead atoms. The van der Waals surface area contributed by atoms with Gasteiger partial charge in [-0.15, -0.1) is 5.48 Å². The summed E-state index contributed by atoms with van der Waals surface area (Å²) in [6.45, 7) is -0.425. The van der Waals surface area contributed by atoms with Crippen LogP contribution in [0, 0.1) is 0 Å². The van der Waals surface area contributed by atoms with E-state index in [0.717, 1.165) is 5.56 Å². The van der Waals surface area contributed by atoms with E-state index < -0.39 is 36.4 Å². The highest BCUT2D eigenvalue weighted by Crippen LogP contribution is 2.00. The normalized spacial score (nSPS) is 11.1. The van der Waals surface area contributed by atoms with E-state index >= 15 is 0 Å². The number of rotatable bonds is 9. The fourth-order valence-electron chi connectivity index (χ4n) is 2.18. The number of benzene rings is 2. The summed E-state index contributed by atoms with van der Waals surface area (Å²) in [6, 6.07) is 17.1. The van der Waals surface area contributed by atoms with Gasteiger partial charge in [-0.05, 0) is 17.7 Å². The second-order valence-corrected chi connectivity index (χ2v) is 5.70. The van der Waals surface area contributed by atoms with Gasteiger partial charge in [-0.25, -0.2) is 0 Å². The van der Waals surface area contributed by atoms with Gasteiger partial charge < -0.3 is 21.2 Å². The van der Waals surface area contributed by atoms with Crippen LogP contribution in [0.3, 0.4) is 0 Å². The van der Waals surface area contributed by atoms with E-state index in [1.54, 1.807) is 54.6 Å². The van der Waals surface area contributed by atoms with Gasteiger partial charge in [0.2, 0.25) is 5.91 Å². The van der Waals surface area contributed by atoms with Crippen molar-refractivity contribution in [3.63, 3.8) is 0 Å². The summed E-state index contributed by atoms with van der Waals surface area (Å²) in [5.41, 5.74) is 8.47. The van der Waals surface area contributed by atoms with Crippen LogP contribution in [0.5, 0.6) is 0 Å². The van der Waals surface area contributed by atoms with E-state index in [4.69, 9.17) is 10.6 Å². The molecule has 0 fully saturated rings. The molecule has 0 aromatic heterocycles. The Morgan fingerprint density at radius 3 is 2.11 bits per heavy atom. The maximum Gasteiger partial charge on any atom is 0.329 e. The number of nitrogens with one attached hydrogen (secondary N) is 3. The number of primary amides is 1. The average molecular weight is 384 g/mol. The van der Waals surface area contributed by atoms with Crippen LogP contribution in [0.25, 0.3) is 0 Å². The second-order valence-electron chi connectivity index (χ2n) is 5.70. The molecular weight excluding hydrogens is 364 g/mol. The lowest BCUT2D eigenvalue weighted by Crippen LogP contribution is -2.56. The Bertz CT molecular complexity index is 827. The van der Waals surface area contributed by atoms with E-state index in [1.807, 2.05) is 6.07 Å². The van der Waals surface area contributed by atoms with Gasteiger partial charge >= 0.3 is 5.97 Å². The zero-order chi connectivity index (χ0) is 20.4. The first-order chi connectivity index (χ1) is 13.5. The molecule has 146 valence electrons. The molecule has 0 heterocycles. The number of carbonyl (C=O) groups is 4. The highest BCUT2D eigenvalue weighted by molar-refractivity contribution is 5.98. The lowest BCUT2D eigenvalue weighted by atomic mass is 10.2. The van der Waals surface area contributed by atoms with Gasteiger partial charge in [-0.3, -0.25) is 19.2 Å². The van der Waals surface area contributed by atoms with Gasteiger partial charge in [0.25, 0.3) is 11.8 Å². The number of hydroxylamine groups is 1. The summed E-state index contributed by atoms with van der Waals surface area (Å²) in [6.07, 6.45) is -1.38. The predicted octanol–water partition coefficient (Wildman–Crippen LogP) is -0.365. The molecule has 1 unspecified atom stereocenters. The quantitative estimate of drug-likeness (QED) is 0.344. The molecule has 2 aromatic carbocycles. The van der Waals surface area contributed by atoms with E-state index in [0.29, 0.717) is 5.56 Å². The molecule has 5 N–H and O–H groups in total. The Kier molecular flexibility index (Phi) is 7.67. The molecule has 3 amide bonds. The summed E-state index contributed by atoms with van der Waals surface area (Å²) in [4.78, 5) is 51.9. The number of nitrogens with two attached hydrogens (primary N) is 1. The molecule has 28 heavy (non-hydrogen) atoms. The van der Waals surface area contributed by atoms with Crippen LogP contribution >= 0.6 is 0 Å². The van der Waals surface area contributed by atoms with Crippen LogP contribution in [0.15, 0.2) is 60.7 Å². The van der Waals surface area contributed by atoms with Crippen LogP contribution in [0.4, 0.5) is 0 Å². The number of carbonyl (C=O) groups excluding carboxylic acids is 4. The summed E-state index contributed by atoms with van der Waals surface area (Å²) in [5.74, 6) is -2.81. The molecule has 0 aliphatic heterocycles. The van der Waals surface area contributed by atoms with Crippen molar-refractivity contribution in [3.05, 3.63) is 71.8 Å². The van der Waals surface area contributed by atoms with Crippen molar-refractivity contribution in [2.24, 2.45) is 5.73 Å². The van der Waals surface area contributed by atoms with Gasteiger partial charge in [0.05, 0.1) is 6.42 Å². The van der Waals surface area contributed by atoms with Gasteiger partial charge in [-0.2, -0.15) is 0 Å². The lowest BCUT2D eigenvalue weighted by molar-refractivity contribution is -0.151. The third kappa shape index (κ3) is 6.89. The fourth-order valence-corrected chi connectivity index (χ4v) is 2.18. The van der Waals surface area contributed by atoms with Crippen molar-refractivity contribution < 1.29 is 24.0 Å². The highest BCUT2D eigenvalue weighted by Gasteiger charge is 2.21. The van der Waals surface area contributed by atoms with Crippen molar-refractivity contribution >= 4 is 23.7 Å². The van der Waals surface area contributed by atoms with Crippen molar-refractivity contribution in [1.29, 1.82) is 0 Å². The topological polar surface area (TPSA) is 140 Å². The lowest BCUT2D eigenvalue weighted by Gasteiger charge is -2.17. The molecule has 1 atom stereocenters. The first-order valence-electron chi connectivity index (χ1n) is 8.37. The van der Waals surface area contributed by atoms with Gasteiger partial charge in [-0.1, -0.05) is 48.5 Å². The molecule has 9 heteroatoms. The molecule has 0 saturated carbocycles. The van der Waals surface area contributed by atoms with Gasteiger partial charge in [0.1, 0.15) is 6.54 Å². The van der Waals surface area contributed by atoms with Crippen molar-refractivity contribution in [3.8, 4) is 0 Å². The monoisotopic (exact) mass is 384 g/mol. The molecule has 2 aromatic rings. The SMILES string of the molecule is NC(=O)C(NC(=O)CNOC(=O)Cc1ccccc1)NC(=O)c1ccccc1. The first-order valence-corrected chi connectivity index (χ1v) is 8.37. The van der Waals surface area contributed by atoms with Crippen LogP contribution in [0.2, 0.25) is 0 Å². The second kappa shape index (κ2) is 10.4. The van der Waals surface area contributed by atoms with Crippen LogP contribution in [-0.2, 0) is 25.6 Å². The number of hydrogen-bond donors (Lipinski definition) is 4. The third-order valence-corrected chi connectivity index (χ3v) is 3.51. The first kappa shape index (κ1) is 20.6. The number of amides is 3. The van der Waals surface area contributed by atoms with Gasteiger partial charge in [0.15, 0.2) is 6.17 Å². The van der Waals surface area contributed by atoms with E-state index in [2.05, 4.69) is 16.1 Å². The van der Waals surface area contributed by atoms with Crippen molar-refractivity contribution in [1.82, 2.24) is 16.1 Å².